The van der Waals surface area contributed by atoms with Gasteiger partial charge in [0.05, 0.1) is 24.4 Å². The minimum absolute atomic E-state index is 0.140. The molecule has 10 heteroatoms. The third kappa shape index (κ3) is 4.38. The molecule has 0 aliphatic rings. The van der Waals surface area contributed by atoms with E-state index in [0.717, 1.165) is 5.56 Å². The number of carbonyl (C=O) groups is 1. The number of alkyl halides is 3. The van der Waals surface area contributed by atoms with Crippen molar-refractivity contribution >= 4 is 5.78 Å². The van der Waals surface area contributed by atoms with E-state index in [9.17, 15) is 18.0 Å². The lowest BCUT2D eigenvalue weighted by Crippen LogP contribution is -2.04. The fraction of sp³-hybridized carbons (Fsp3) is 0.235. The Kier molecular flexibility index (Phi) is 5.03. The SMILES string of the molecule is N#CCCC(=O)c1cnn(Cc2ccc(-c3noc(C(F)(F)F)n3)cc2)c1. The monoisotopic (exact) mass is 375 g/mol. The lowest BCUT2D eigenvalue weighted by atomic mass is 10.1. The van der Waals surface area contributed by atoms with Crippen molar-refractivity contribution in [2.75, 3.05) is 0 Å². The van der Waals surface area contributed by atoms with Gasteiger partial charge in [-0.3, -0.25) is 9.48 Å². The van der Waals surface area contributed by atoms with E-state index < -0.39 is 12.1 Å². The zero-order valence-electron chi connectivity index (χ0n) is 13.8. The number of Topliss-reactive ketones (excluding diaryl/α,β-unsaturated/α-hetero) is 1. The maximum atomic E-state index is 12.5. The average molecular weight is 375 g/mol. The van der Waals surface area contributed by atoms with Crippen molar-refractivity contribution in [1.82, 2.24) is 19.9 Å². The molecule has 0 unspecified atom stereocenters. The molecule has 0 atom stereocenters. The summed E-state index contributed by atoms with van der Waals surface area (Å²) in [6.07, 6.45) is -1.37. The van der Waals surface area contributed by atoms with Gasteiger partial charge in [-0.2, -0.15) is 28.5 Å². The van der Waals surface area contributed by atoms with Gasteiger partial charge >= 0.3 is 12.1 Å². The van der Waals surface area contributed by atoms with Crippen LogP contribution in [0.2, 0.25) is 0 Å². The minimum Gasteiger partial charge on any atom is -0.329 e. The summed E-state index contributed by atoms with van der Waals surface area (Å²) in [4.78, 5) is 15.2. The Balaban J connectivity index is 1.68. The van der Waals surface area contributed by atoms with Crippen LogP contribution in [-0.4, -0.2) is 25.7 Å². The van der Waals surface area contributed by atoms with E-state index in [1.165, 1.54) is 6.20 Å². The summed E-state index contributed by atoms with van der Waals surface area (Å²) in [6, 6.07) is 8.45. The molecule has 2 heterocycles. The maximum Gasteiger partial charge on any atom is 0.471 e. The zero-order valence-corrected chi connectivity index (χ0v) is 13.8. The van der Waals surface area contributed by atoms with Gasteiger partial charge in [-0.1, -0.05) is 29.4 Å². The molecular weight excluding hydrogens is 363 g/mol. The number of nitrogens with zero attached hydrogens (tertiary/aromatic N) is 5. The molecule has 3 aromatic rings. The second kappa shape index (κ2) is 7.41. The van der Waals surface area contributed by atoms with Crippen LogP contribution in [0.4, 0.5) is 13.2 Å². The Labute approximate surface area is 151 Å². The van der Waals surface area contributed by atoms with Crippen molar-refractivity contribution in [2.45, 2.75) is 25.6 Å². The highest BCUT2D eigenvalue weighted by Gasteiger charge is 2.38. The summed E-state index contributed by atoms with van der Waals surface area (Å²) < 4.78 is 43.3. The predicted molar refractivity (Wildman–Crippen MR) is 85.2 cm³/mol. The first-order chi connectivity index (χ1) is 12.9. The second-order valence-corrected chi connectivity index (χ2v) is 5.63. The van der Waals surface area contributed by atoms with Crippen LogP contribution in [-0.2, 0) is 12.7 Å². The molecule has 3 rings (SSSR count). The number of carbonyl (C=O) groups excluding carboxylic acids is 1. The van der Waals surface area contributed by atoms with Crippen molar-refractivity contribution in [3.63, 3.8) is 0 Å². The van der Waals surface area contributed by atoms with Gasteiger partial charge in [0.15, 0.2) is 5.78 Å². The molecule has 0 spiro atoms. The average Bonchev–Trinajstić information content (AvgIpc) is 3.30. The molecule has 0 saturated carbocycles. The molecule has 1 aromatic carbocycles. The minimum atomic E-state index is -4.69. The quantitative estimate of drug-likeness (QED) is 0.612. The summed E-state index contributed by atoms with van der Waals surface area (Å²) in [6.45, 7) is 0.367. The largest absolute Gasteiger partial charge is 0.471 e. The van der Waals surface area contributed by atoms with E-state index >= 15 is 0 Å². The number of hydrogen-bond donors (Lipinski definition) is 0. The molecule has 0 fully saturated rings. The van der Waals surface area contributed by atoms with Crippen molar-refractivity contribution in [1.29, 1.82) is 5.26 Å². The van der Waals surface area contributed by atoms with E-state index in [-0.39, 0.29) is 24.4 Å². The first-order valence-corrected chi connectivity index (χ1v) is 7.79. The van der Waals surface area contributed by atoms with Gasteiger partial charge in [0.25, 0.3) is 0 Å². The highest BCUT2D eigenvalue weighted by atomic mass is 19.4. The Hall–Kier alpha value is -3.48. The third-order valence-corrected chi connectivity index (χ3v) is 3.64. The molecule has 138 valence electrons. The second-order valence-electron chi connectivity index (χ2n) is 5.63. The molecule has 0 amide bonds. The molecule has 27 heavy (non-hydrogen) atoms. The van der Waals surface area contributed by atoms with Crippen molar-refractivity contribution in [3.8, 4) is 17.5 Å². The summed E-state index contributed by atoms with van der Waals surface area (Å²) in [5.74, 6) is -1.71. The van der Waals surface area contributed by atoms with Crippen LogP contribution in [0.3, 0.4) is 0 Å². The summed E-state index contributed by atoms with van der Waals surface area (Å²) >= 11 is 0. The fourth-order valence-electron chi connectivity index (χ4n) is 2.31. The van der Waals surface area contributed by atoms with Gasteiger partial charge in [-0.25, -0.2) is 0 Å². The van der Waals surface area contributed by atoms with Gasteiger partial charge in [-0.15, -0.1) is 0 Å². The number of rotatable bonds is 6. The number of ketones is 1. The van der Waals surface area contributed by atoms with Crippen LogP contribution in [0.25, 0.3) is 11.4 Å². The summed E-state index contributed by atoms with van der Waals surface area (Å²) in [5, 5.41) is 15.9. The standard InChI is InChI=1S/C17H12F3N5O2/c18-17(19,20)16-23-15(24-27-16)12-5-3-11(4-6-12)9-25-10-13(8-22-25)14(26)2-1-7-21/h3-6,8,10H,1-2,9H2. The van der Waals surface area contributed by atoms with Gasteiger partial charge in [0, 0.05) is 24.6 Å². The van der Waals surface area contributed by atoms with E-state index in [0.29, 0.717) is 17.7 Å². The van der Waals surface area contributed by atoms with Crippen LogP contribution in [0.5, 0.6) is 0 Å². The zero-order chi connectivity index (χ0) is 19.4. The maximum absolute atomic E-state index is 12.5. The summed E-state index contributed by atoms with van der Waals surface area (Å²) in [5.41, 5.74) is 1.62. The van der Waals surface area contributed by atoms with Gasteiger partial charge in [-0.05, 0) is 5.56 Å². The molecule has 7 nitrogen and oxygen atoms in total. The highest BCUT2D eigenvalue weighted by molar-refractivity contribution is 5.95. The number of nitriles is 1. The Morgan fingerprint density at radius 3 is 2.63 bits per heavy atom. The number of benzene rings is 1. The Bertz CT molecular complexity index is 983. The van der Waals surface area contributed by atoms with Crippen LogP contribution < -0.4 is 0 Å². The lowest BCUT2D eigenvalue weighted by Gasteiger charge is -2.02. The molecule has 0 aliphatic heterocycles. The topological polar surface area (TPSA) is 97.6 Å². The van der Waals surface area contributed by atoms with E-state index in [2.05, 4.69) is 19.8 Å². The Morgan fingerprint density at radius 1 is 1.26 bits per heavy atom. The predicted octanol–water partition coefficient (Wildman–Crippen LogP) is 3.49. The number of halogens is 3. The first-order valence-electron chi connectivity index (χ1n) is 7.79. The van der Waals surface area contributed by atoms with Crippen LogP contribution in [0, 0.1) is 11.3 Å². The normalized spacial score (nSPS) is 11.3. The van der Waals surface area contributed by atoms with Crippen LogP contribution >= 0.6 is 0 Å². The van der Waals surface area contributed by atoms with E-state index in [1.807, 2.05) is 6.07 Å². The van der Waals surface area contributed by atoms with Crippen LogP contribution in [0.15, 0.2) is 41.2 Å². The molecule has 0 N–H and O–H groups in total. The van der Waals surface area contributed by atoms with Gasteiger partial charge in [0.1, 0.15) is 0 Å². The molecule has 0 bridgehead atoms. The lowest BCUT2D eigenvalue weighted by molar-refractivity contribution is -0.159. The van der Waals surface area contributed by atoms with Crippen molar-refractivity contribution in [3.05, 3.63) is 53.7 Å². The van der Waals surface area contributed by atoms with Crippen molar-refractivity contribution < 1.29 is 22.5 Å². The van der Waals surface area contributed by atoms with Crippen molar-refractivity contribution in [2.24, 2.45) is 0 Å². The van der Waals surface area contributed by atoms with Gasteiger partial charge < -0.3 is 4.52 Å². The molecule has 0 radical (unpaired) electrons. The molecule has 0 saturated heterocycles. The Morgan fingerprint density at radius 2 is 2.00 bits per heavy atom. The number of aromatic nitrogens is 4. The van der Waals surface area contributed by atoms with E-state index in [1.54, 1.807) is 35.1 Å². The fourth-order valence-corrected chi connectivity index (χ4v) is 2.31. The van der Waals surface area contributed by atoms with Crippen LogP contribution in [0.1, 0.15) is 34.7 Å². The number of hydrogen-bond acceptors (Lipinski definition) is 6. The van der Waals surface area contributed by atoms with E-state index in [4.69, 9.17) is 5.26 Å². The molecule has 2 aromatic heterocycles. The molecule has 0 aliphatic carbocycles. The summed E-state index contributed by atoms with van der Waals surface area (Å²) in [7, 11) is 0. The molecular formula is C17H12F3N5O2. The third-order valence-electron chi connectivity index (χ3n) is 3.64. The van der Waals surface area contributed by atoms with Gasteiger partial charge in [0.2, 0.25) is 5.82 Å². The highest BCUT2D eigenvalue weighted by Crippen LogP contribution is 2.29. The smallest absolute Gasteiger partial charge is 0.329 e. The first kappa shape index (κ1) is 18.3.